The fourth-order valence-electron chi connectivity index (χ4n) is 1.41. The third-order valence-electron chi connectivity index (χ3n) is 2.22. The number of hydrogen-bond donors (Lipinski definition) is 2. The number of halogens is 1. The average Bonchev–Trinajstić information content (AvgIpc) is 2.35. The van der Waals surface area contributed by atoms with Crippen LogP contribution in [0.25, 0.3) is 5.70 Å². The molecule has 0 radical (unpaired) electrons. The lowest BCUT2D eigenvalue weighted by Crippen LogP contribution is -2.27. The molecule has 5 nitrogen and oxygen atoms in total. The van der Waals surface area contributed by atoms with Crippen LogP contribution in [0.5, 0.6) is 5.75 Å². The molecule has 2 N–H and O–H groups in total. The summed E-state index contributed by atoms with van der Waals surface area (Å²) < 4.78 is 5.41. The molecule has 1 aliphatic heterocycles. The van der Waals surface area contributed by atoms with Gasteiger partial charge in [0.1, 0.15) is 12.4 Å². The first-order valence-corrected chi connectivity index (χ1v) is 5.36. The Morgan fingerprint density at radius 2 is 2.35 bits per heavy atom. The molecule has 0 spiro atoms. The van der Waals surface area contributed by atoms with E-state index >= 15 is 0 Å². The number of hydrogen-bond acceptors (Lipinski definition) is 4. The molecule has 17 heavy (non-hydrogen) atoms. The Labute approximate surface area is 103 Å². The van der Waals surface area contributed by atoms with Gasteiger partial charge in [-0.05, 0) is 24.3 Å². The van der Waals surface area contributed by atoms with E-state index in [4.69, 9.17) is 21.2 Å². The number of carbonyl (C=O) groups excluding carboxylic acids is 1. The van der Waals surface area contributed by atoms with Gasteiger partial charge in [-0.3, -0.25) is 0 Å². The van der Waals surface area contributed by atoms with Gasteiger partial charge in [-0.1, -0.05) is 11.6 Å². The van der Waals surface area contributed by atoms with Crippen molar-refractivity contribution in [2.24, 2.45) is 0 Å². The molecule has 0 unspecified atom stereocenters. The van der Waals surface area contributed by atoms with E-state index in [9.17, 15) is 4.79 Å². The maximum Gasteiger partial charge on any atom is 0.431 e. The minimum absolute atomic E-state index is 0.411. The number of rotatable bonds is 2. The molecule has 1 aromatic carbocycles. The first-order chi connectivity index (χ1) is 8.20. The molecular formula is C11H11ClN2O3. The summed E-state index contributed by atoms with van der Waals surface area (Å²) in [6.45, 7) is 0.411. The van der Waals surface area contributed by atoms with E-state index in [-0.39, 0.29) is 0 Å². The normalized spacial score (nSPS) is 12.9. The molecule has 0 bridgehead atoms. The van der Waals surface area contributed by atoms with Crippen LogP contribution in [0.3, 0.4) is 0 Å². The molecule has 1 heterocycles. The Bertz CT molecular complexity index is 474. The van der Waals surface area contributed by atoms with Gasteiger partial charge in [-0.25, -0.2) is 10.3 Å². The van der Waals surface area contributed by atoms with Crippen LogP contribution in [0.4, 0.5) is 4.79 Å². The zero-order valence-electron chi connectivity index (χ0n) is 9.12. The van der Waals surface area contributed by atoms with Crippen LogP contribution in [0.2, 0.25) is 5.02 Å². The topological polar surface area (TPSA) is 59.6 Å². The van der Waals surface area contributed by atoms with E-state index < -0.39 is 6.09 Å². The van der Waals surface area contributed by atoms with E-state index in [1.165, 1.54) is 7.05 Å². The molecule has 90 valence electrons. The molecule has 1 amide bonds. The highest BCUT2D eigenvalue weighted by Crippen LogP contribution is 2.30. The summed E-state index contributed by atoms with van der Waals surface area (Å²) in [6, 6.07) is 5.25. The summed E-state index contributed by atoms with van der Waals surface area (Å²) in [6.07, 6.45) is 1.20. The Kier molecular flexibility index (Phi) is 3.39. The molecule has 0 aromatic heterocycles. The van der Waals surface area contributed by atoms with Crippen LogP contribution in [-0.2, 0) is 4.84 Å². The van der Waals surface area contributed by atoms with Crippen LogP contribution >= 0.6 is 11.6 Å². The van der Waals surface area contributed by atoms with Crippen molar-refractivity contribution in [3.63, 3.8) is 0 Å². The van der Waals surface area contributed by atoms with Crippen molar-refractivity contribution in [1.29, 1.82) is 0 Å². The van der Waals surface area contributed by atoms with E-state index in [0.717, 1.165) is 5.56 Å². The number of fused-ring (bicyclic) bond motifs is 1. The van der Waals surface area contributed by atoms with Crippen molar-refractivity contribution in [2.75, 3.05) is 13.7 Å². The standard InChI is InChI=1S/C11H11ClN2O3/c1-13-11(15)17-14-9-4-5-16-10-3-2-7(12)6-8(9)10/h2-4,6,14H,5H2,1H3,(H,13,15). The molecule has 0 fully saturated rings. The molecule has 0 aliphatic carbocycles. The predicted molar refractivity (Wildman–Crippen MR) is 63.6 cm³/mol. The third kappa shape index (κ3) is 2.62. The summed E-state index contributed by atoms with van der Waals surface area (Å²) in [5, 5.41) is 2.92. The van der Waals surface area contributed by atoms with Crippen molar-refractivity contribution in [1.82, 2.24) is 10.8 Å². The van der Waals surface area contributed by atoms with E-state index in [0.29, 0.717) is 23.1 Å². The lowest BCUT2D eigenvalue weighted by Gasteiger charge is -2.19. The van der Waals surface area contributed by atoms with Crippen LogP contribution in [0.1, 0.15) is 5.56 Å². The highest BCUT2D eigenvalue weighted by molar-refractivity contribution is 6.30. The van der Waals surface area contributed by atoms with E-state index in [2.05, 4.69) is 10.8 Å². The van der Waals surface area contributed by atoms with Crippen molar-refractivity contribution >= 4 is 23.4 Å². The maximum absolute atomic E-state index is 11.0. The quantitative estimate of drug-likeness (QED) is 0.792. The summed E-state index contributed by atoms with van der Waals surface area (Å²) >= 11 is 5.90. The monoisotopic (exact) mass is 254 g/mol. The maximum atomic E-state index is 11.0. The van der Waals surface area contributed by atoms with Crippen molar-refractivity contribution in [3.8, 4) is 5.75 Å². The van der Waals surface area contributed by atoms with Gasteiger partial charge in [0.05, 0.1) is 5.70 Å². The van der Waals surface area contributed by atoms with E-state index in [1.807, 2.05) is 0 Å². The van der Waals surface area contributed by atoms with Gasteiger partial charge in [0.15, 0.2) is 0 Å². The first kappa shape index (κ1) is 11.6. The third-order valence-corrected chi connectivity index (χ3v) is 2.45. The van der Waals surface area contributed by atoms with Gasteiger partial charge in [0.2, 0.25) is 0 Å². The summed E-state index contributed by atoms with van der Waals surface area (Å²) in [5.74, 6) is 0.694. The Hall–Kier alpha value is -1.88. The minimum Gasteiger partial charge on any atom is -0.489 e. The number of ether oxygens (including phenoxy) is 1. The molecule has 1 aliphatic rings. The van der Waals surface area contributed by atoms with Crippen LogP contribution < -0.4 is 15.5 Å². The molecule has 6 heteroatoms. The first-order valence-electron chi connectivity index (χ1n) is 4.98. The van der Waals surface area contributed by atoms with Crippen LogP contribution in [0.15, 0.2) is 24.3 Å². The van der Waals surface area contributed by atoms with Gasteiger partial charge in [-0.2, -0.15) is 0 Å². The highest BCUT2D eigenvalue weighted by Gasteiger charge is 2.15. The highest BCUT2D eigenvalue weighted by atomic mass is 35.5. The zero-order valence-corrected chi connectivity index (χ0v) is 9.88. The molecule has 1 aromatic rings. The molecule has 0 saturated heterocycles. The molecule has 0 saturated carbocycles. The second kappa shape index (κ2) is 4.97. The predicted octanol–water partition coefficient (Wildman–Crippen LogP) is 1.93. The van der Waals surface area contributed by atoms with Gasteiger partial charge in [0, 0.05) is 17.6 Å². The van der Waals surface area contributed by atoms with Gasteiger partial charge >= 0.3 is 6.09 Å². The Morgan fingerprint density at radius 1 is 1.53 bits per heavy atom. The fraction of sp³-hybridized carbons (Fsp3) is 0.182. The summed E-state index contributed by atoms with van der Waals surface area (Å²) in [5.41, 5.74) is 3.97. The lowest BCUT2D eigenvalue weighted by atomic mass is 10.1. The number of carbonyl (C=O) groups is 1. The smallest absolute Gasteiger partial charge is 0.431 e. The lowest BCUT2D eigenvalue weighted by molar-refractivity contribution is 0.117. The fourth-order valence-corrected chi connectivity index (χ4v) is 1.58. The second-order valence-electron chi connectivity index (χ2n) is 3.31. The summed E-state index contributed by atoms with van der Waals surface area (Å²) in [7, 11) is 1.48. The Balaban J connectivity index is 2.17. The molecular weight excluding hydrogens is 244 g/mol. The number of benzene rings is 1. The number of amides is 1. The van der Waals surface area contributed by atoms with Crippen LogP contribution in [0, 0.1) is 0 Å². The second-order valence-corrected chi connectivity index (χ2v) is 3.75. The molecule has 0 atom stereocenters. The Morgan fingerprint density at radius 3 is 3.12 bits per heavy atom. The van der Waals surface area contributed by atoms with Crippen LogP contribution in [-0.4, -0.2) is 19.7 Å². The summed E-state index contributed by atoms with van der Waals surface area (Å²) in [4.78, 5) is 15.7. The number of nitrogens with one attached hydrogen (secondary N) is 2. The van der Waals surface area contributed by atoms with Gasteiger partial charge in [0.25, 0.3) is 0 Å². The zero-order chi connectivity index (χ0) is 12.3. The van der Waals surface area contributed by atoms with Crippen molar-refractivity contribution in [3.05, 3.63) is 34.9 Å². The number of hydroxylamine groups is 1. The molecule has 2 rings (SSSR count). The van der Waals surface area contributed by atoms with E-state index in [1.54, 1.807) is 24.3 Å². The SMILES string of the molecule is CNC(=O)ONC1=CCOc2ccc(Cl)cc21. The average molecular weight is 255 g/mol. The van der Waals surface area contributed by atoms with Gasteiger partial charge in [-0.15, -0.1) is 0 Å². The van der Waals surface area contributed by atoms with Crippen molar-refractivity contribution < 1.29 is 14.4 Å². The van der Waals surface area contributed by atoms with Gasteiger partial charge < -0.3 is 14.9 Å². The van der Waals surface area contributed by atoms with Crippen molar-refractivity contribution in [2.45, 2.75) is 0 Å². The minimum atomic E-state index is -0.569. The largest absolute Gasteiger partial charge is 0.489 e.